The molecule has 7 heteroatoms. The molecule has 0 bridgehead atoms. The van der Waals surface area contributed by atoms with E-state index in [1.165, 1.54) is 6.92 Å². The summed E-state index contributed by atoms with van der Waals surface area (Å²) in [4.78, 5) is 10.2. The van der Waals surface area contributed by atoms with Crippen LogP contribution in [0.15, 0.2) is 24.3 Å². The molecule has 0 radical (unpaired) electrons. The van der Waals surface area contributed by atoms with Crippen LogP contribution in [-0.4, -0.2) is 6.29 Å². The molecule has 0 saturated carbocycles. The Morgan fingerprint density at radius 3 is 1.68 bits per heavy atom. The Balaban J connectivity index is 3.50. The van der Waals surface area contributed by atoms with Crippen molar-refractivity contribution in [3.63, 3.8) is 0 Å². The molecule has 0 aliphatic heterocycles. The third-order valence-electron chi connectivity index (χ3n) is 2.36. The van der Waals surface area contributed by atoms with Gasteiger partial charge in [0.15, 0.2) is 0 Å². The lowest BCUT2D eigenvalue weighted by atomic mass is 10.00. The highest BCUT2D eigenvalue weighted by molar-refractivity contribution is 5.81. The van der Waals surface area contributed by atoms with Crippen molar-refractivity contribution in [3.8, 4) is 0 Å². The highest BCUT2D eigenvalue weighted by Crippen LogP contribution is 2.37. The standard InChI is InChI=1S/C12H8F6O/c1-7(2-3-19)8-4-9(11(13,14)15)6-10(5-8)12(16,17)18/h2-6H,1H3/b7-2-. The predicted octanol–water partition coefficient (Wildman–Crippen LogP) is 4.33. The summed E-state index contributed by atoms with van der Waals surface area (Å²) >= 11 is 0. The van der Waals surface area contributed by atoms with Crippen LogP contribution in [-0.2, 0) is 17.1 Å². The van der Waals surface area contributed by atoms with Crippen LogP contribution in [0, 0.1) is 0 Å². The maximum Gasteiger partial charge on any atom is 0.416 e. The number of hydrogen-bond donors (Lipinski definition) is 0. The van der Waals surface area contributed by atoms with E-state index in [4.69, 9.17) is 0 Å². The average molecular weight is 282 g/mol. The Morgan fingerprint density at radius 2 is 1.37 bits per heavy atom. The van der Waals surface area contributed by atoms with Gasteiger partial charge in [0.1, 0.15) is 6.29 Å². The van der Waals surface area contributed by atoms with Crippen LogP contribution in [0.25, 0.3) is 5.57 Å². The minimum atomic E-state index is -4.89. The predicted molar refractivity (Wildman–Crippen MR) is 56.2 cm³/mol. The molecular weight excluding hydrogens is 274 g/mol. The highest BCUT2D eigenvalue weighted by Gasteiger charge is 2.36. The number of rotatable bonds is 2. The molecule has 1 aromatic carbocycles. The molecule has 0 N–H and O–H groups in total. The van der Waals surface area contributed by atoms with Gasteiger partial charge in [-0.05, 0) is 42.3 Å². The van der Waals surface area contributed by atoms with E-state index in [1.807, 2.05) is 0 Å². The number of halogens is 6. The molecule has 0 atom stereocenters. The Hall–Kier alpha value is -1.79. The molecule has 104 valence electrons. The Morgan fingerprint density at radius 1 is 0.947 bits per heavy atom. The van der Waals surface area contributed by atoms with Crippen LogP contribution < -0.4 is 0 Å². The normalized spacial score (nSPS) is 13.5. The third-order valence-corrected chi connectivity index (χ3v) is 2.36. The lowest BCUT2D eigenvalue weighted by molar-refractivity contribution is -0.143. The summed E-state index contributed by atoms with van der Waals surface area (Å²) in [6.07, 6.45) is -8.59. The van der Waals surface area contributed by atoms with E-state index in [2.05, 4.69) is 0 Å². The SMILES string of the molecule is C/C(=C/C=O)c1cc(C(F)(F)F)cc(C(F)(F)F)c1. The molecule has 1 rings (SSSR count). The molecule has 0 unspecified atom stereocenters. The number of hydrogen-bond acceptors (Lipinski definition) is 1. The second-order valence-corrected chi connectivity index (χ2v) is 3.78. The van der Waals surface area contributed by atoms with Crippen molar-refractivity contribution in [1.29, 1.82) is 0 Å². The van der Waals surface area contributed by atoms with Crippen molar-refractivity contribution in [1.82, 2.24) is 0 Å². The van der Waals surface area contributed by atoms with Gasteiger partial charge in [-0.1, -0.05) is 0 Å². The van der Waals surface area contributed by atoms with Crippen LogP contribution in [0.4, 0.5) is 26.3 Å². The van der Waals surface area contributed by atoms with Gasteiger partial charge < -0.3 is 0 Å². The molecule has 0 fully saturated rings. The van der Waals surface area contributed by atoms with Crippen molar-refractivity contribution in [2.24, 2.45) is 0 Å². The fourth-order valence-corrected chi connectivity index (χ4v) is 1.38. The average Bonchev–Trinajstić information content (AvgIpc) is 2.26. The molecule has 1 aromatic rings. The summed E-state index contributed by atoms with van der Waals surface area (Å²) in [6, 6.07) is 1.19. The zero-order valence-electron chi connectivity index (χ0n) is 9.56. The molecule has 0 aliphatic rings. The minimum Gasteiger partial charge on any atom is -0.299 e. The first-order valence-corrected chi connectivity index (χ1v) is 4.97. The van der Waals surface area contributed by atoms with Gasteiger partial charge >= 0.3 is 12.4 Å². The number of alkyl halides is 6. The first kappa shape index (κ1) is 15.3. The van der Waals surface area contributed by atoms with Crippen molar-refractivity contribution in [2.45, 2.75) is 19.3 Å². The van der Waals surface area contributed by atoms with E-state index in [0.717, 1.165) is 6.08 Å². The van der Waals surface area contributed by atoms with Crippen molar-refractivity contribution in [2.75, 3.05) is 0 Å². The Kier molecular flexibility index (Phi) is 4.07. The third kappa shape index (κ3) is 3.84. The summed E-state index contributed by atoms with van der Waals surface area (Å²) in [7, 11) is 0. The van der Waals surface area contributed by atoms with Gasteiger partial charge in [0.05, 0.1) is 11.1 Å². The molecule has 0 amide bonds. The van der Waals surface area contributed by atoms with Crippen molar-refractivity contribution < 1.29 is 31.1 Å². The maximum absolute atomic E-state index is 12.5. The van der Waals surface area contributed by atoms with Gasteiger partial charge in [0, 0.05) is 0 Å². The van der Waals surface area contributed by atoms with Crippen LogP contribution in [0.3, 0.4) is 0 Å². The first-order valence-electron chi connectivity index (χ1n) is 4.97. The minimum absolute atomic E-state index is 0.0200. The first-order chi connectivity index (χ1) is 8.55. The van der Waals surface area contributed by atoms with Crippen molar-refractivity contribution in [3.05, 3.63) is 41.0 Å². The van der Waals surface area contributed by atoms with E-state index < -0.39 is 23.5 Å². The Bertz CT molecular complexity index is 478. The number of benzene rings is 1. The summed E-state index contributed by atoms with van der Waals surface area (Å²) in [6.45, 7) is 1.25. The number of allylic oxidation sites excluding steroid dienone is 2. The van der Waals surface area contributed by atoms with E-state index >= 15 is 0 Å². The van der Waals surface area contributed by atoms with Gasteiger partial charge in [-0.25, -0.2) is 0 Å². The van der Waals surface area contributed by atoms with E-state index in [-0.39, 0.29) is 17.2 Å². The topological polar surface area (TPSA) is 17.1 Å². The van der Waals surface area contributed by atoms with E-state index in [1.54, 1.807) is 0 Å². The van der Waals surface area contributed by atoms with E-state index in [9.17, 15) is 31.1 Å². The van der Waals surface area contributed by atoms with Gasteiger partial charge in [0.25, 0.3) is 0 Å². The molecule has 1 nitrogen and oxygen atoms in total. The fourth-order valence-electron chi connectivity index (χ4n) is 1.38. The maximum atomic E-state index is 12.5. The lowest BCUT2D eigenvalue weighted by Crippen LogP contribution is -2.11. The fraction of sp³-hybridized carbons (Fsp3) is 0.250. The molecule has 0 aromatic heterocycles. The second-order valence-electron chi connectivity index (χ2n) is 3.78. The van der Waals surface area contributed by atoms with Crippen LogP contribution >= 0.6 is 0 Å². The summed E-state index contributed by atoms with van der Waals surface area (Å²) < 4.78 is 75.2. The number of carbonyl (C=O) groups excluding carboxylic acids is 1. The van der Waals surface area contributed by atoms with Crippen LogP contribution in [0.5, 0.6) is 0 Å². The van der Waals surface area contributed by atoms with Gasteiger partial charge in [-0.15, -0.1) is 0 Å². The number of carbonyl (C=O) groups is 1. The quantitative estimate of drug-likeness (QED) is 0.448. The summed E-state index contributed by atoms with van der Waals surface area (Å²) in [5, 5.41) is 0. The molecule has 0 saturated heterocycles. The zero-order valence-corrected chi connectivity index (χ0v) is 9.56. The smallest absolute Gasteiger partial charge is 0.299 e. The van der Waals surface area contributed by atoms with Crippen LogP contribution in [0.2, 0.25) is 0 Å². The zero-order chi connectivity index (χ0) is 14.8. The lowest BCUT2D eigenvalue weighted by Gasteiger charge is -2.14. The van der Waals surface area contributed by atoms with Gasteiger partial charge in [-0.3, -0.25) is 4.79 Å². The molecule has 0 heterocycles. The van der Waals surface area contributed by atoms with Crippen LogP contribution in [0.1, 0.15) is 23.6 Å². The van der Waals surface area contributed by atoms with Crippen molar-refractivity contribution >= 4 is 11.9 Å². The molecule has 19 heavy (non-hydrogen) atoms. The van der Waals surface area contributed by atoms with Gasteiger partial charge in [0.2, 0.25) is 0 Å². The van der Waals surface area contributed by atoms with E-state index in [0.29, 0.717) is 18.4 Å². The monoisotopic (exact) mass is 282 g/mol. The second kappa shape index (κ2) is 5.07. The Labute approximate surface area is 104 Å². The summed E-state index contributed by atoms with van der Waals surface area (Å²) in [5.41, 5.74) is -3.09. The largest absolute Gasteiger partial charge is 0.416 e. The summed E-state index contributed by atoms with van der Waals surface area (Å²) in [5.74, 6) is 0. The molecular formula is C12H8F6O. The molecule has 0 spiro atoms. The molecule has 0 aliphatic carbocycles. The highest BCUT2D eigenvalue weighted by atomic mass is 19.4. The number of aldehydes is 1. The van der Waals surface area contributed by atoms with Gasteiger partial charge in [-0.2, -0.15) is 26.3 Å².